The fraction of sp³-hybridized carbons (Fsp3) is 0.240. The molecule has 0 spiro atoms. The molecule has 0 saturated carbocycles. The SMILES string of the molecule is COc1ccc(N2CCN(C(=O)c3ccc(NS(=O)(=O)c4cc(Cl)ccc4OC)cc3)CC2)cc1. The molecule has 8 nitrogen and oxygen atoms in total. The van der Waals surface area contributed by atoms with Crippen molar-refractivity contribution in [1.82, 2.24) is 4.90 Å². The van der Waals surface area contributed by atoms with Crippen molar-refractivity contribution in [3.05, 3.63) is 77.3 Å². The monoisotopic (exact) mass is 515 g/mol. The molecule has 0 aromatic heterocycles. The lowest BCUT2D eigenvalue weighted by Crippen LogP contribution is -2.48. The standard InChI is InChI=1S/C25H26ClN3O5S/c1-33-22-10-8-21(9-11-22)28-13-15-29(16-14-28)25(30)18-3-6-20(7-4-18)27-35(31,32)24-17-19(26)5-12-23(24)34-2/h3-12,17,27H,13-16H2,1-2H3. The number of nitrogens with zero attached hydrogens (tertiary/aromatic N) is 2. The van der Waals surface area contributed by atoms with Gasteiger partial charge in [0, 0.05) is 48.1 Å². The first-order chi connectivity index (χ1) is 16.8. The molecule has 35 heavy (non-hydrogen) atoms. The lowest BCUT2D eigenvalue weighted by molar-refractivity contribution is 0.0747. The molecule has 10 heteroatoms. The smallest absolute Gasteiger partial charge is 0.265 e. The van der Waals surface area contributed by atoms with Gasteiger partial charge in [-0.3, -0.25) is 9.52 Å². The maximum absolute atomic E-state index is 13.0. The third-order valence-electron chi connectivity index (χ3n) is 5.80. The Bertz CT molecular complexity index is 1290. The Morgan fingerprint density at radius 3 is 2.14 bits per heavy atom. The number of rotatable bonds is 7. The lowest BCUT2D eigenvalue weighted by Gasteiger charge is -2.36. The summed E-state index contributed by atoms with van der Waals surface area (Å²) in [5.41, 5.74) is 1.91. The summed E-state index contributed by atoms with van der Waals surface area (Å²) in [6.45, 7) is 2.62. The zero-order chi connectivity index (χ0) is 25.0. The van der Waals surface area contributed by atoms with Crippen LogP contribution in [0.3, 0.4) is 0 Å². The van der Waals surface area contributed by atoms with Gasteiger partial charge in [0.1, 0.15) is 16.4 Å². The lowest BCUT2D eigenvalue weighted by atomic mass is 10.1. The Morgan fingerprint density at radius 1 is 0.886 bits per heavy atom. The number of hydrogen-bond acceptors (Lipinski definition) is 6. The van der Waals surface area contributed by atoms with E-state index in [9.17, 15) is 13.2 Å². The predicted octanol–water partition coefficient (Wildman–Crippen LogP) is 4.12. The van der Waals surface area contributed by atoms with Gasteiger partial charge >= 0.3 is 0 Å². The normalized spacial score (nSPS) is 13.9. The Morgan fingerprint density at radius 2 is 1.54 bits per heavy atom. The summed E-state index contributed by atoms with van der Waals surface area (Å²) in [7, 11) is -0.913. The van der Waals surface area contributed by atoms with E-state index in [1.54, 1.807) is 42.3 Å². The zero-order valence-corrected chi connectivity index (χ0v) is 21.0. The molecule has 1 amide bonds. The van der Waals surface area contributed by atoms with Gasteiger partial charge in [-0.2, -0.15) is 0 Å². The molecule has 3 aromatic carbocycles. The first kappa shape index (κ1) is 24.7. The number of halogens is 1. The van der Waals surface area contributed by atoms with E-state index < -0.39 is 10.0 Å². The van der Waals surface area contributed by atoms with Gasteiger partial charge in [0.05, 0.1) is 14.2 Å². The minimum Gasteiger partial charge on any atom is -0.497 e. The highest BCUT2D eigenvalue weighted by Gasteiger charge is 2.23. The van der Waals surface area contributed by atoms with Gasteiger partial charge in [0.15, 0.2) is 0 Å². The van der Waals surface area contributed by atoms with Gasteiger partial charge in [0.2, 0.25) is 0 Å². The molecule has 184 valence electrons. The van der Waals surface area contributed by atoms with Gasteiger partial charge in [0.25, 0.3) is 15.9 Å². The maximum Gasteiger partial charge on any atom is 0.265 e. The van der Waals surface area contributed by atoms with Crippen LogP contribution in [0.25, 0.3) is 0 Å². The van der Waals surface area contributed by atoms with Crippen LogP contribution in [0.15, 0.2) is 71.6 Å². The summed E-state index contributed by atoms with van der Waals surface area (Å²) in [4.78, 5) is 16.9. The molecule has 1 fully saturated rings. The highest BCUT2D eigenvalue weighted by molar-refractivity contribution is 7.92. The van der Waals surface area contributed by atoms with Gasteiger partial charge in [-0.25, -0.2) is 8.42 Å². The first-order valence-corrected chi connectivity index (χ1v) is 12.8. The number of methoxy groups -OCH3 is 2. The molecule has 4 rings (SSSR count). The fourth-order valence-corrected chi connectivity index (χ4v) is 5.39. The van der Waals surface area contributed by atoms with Crippen LogP contribution in [-0.2, 0) is 10.0 Å². The number of amides is 1. The minimum absolute atomic E-state index is 0.0672. The summed E-state index contributed by atoms with van der Waals surface area (Å²) in [5.74, 6) is 0.896. The molecule has 0 radical (unpaired) electrons. The van der Waals surface area contributed by atoms with Crippen molar-refractivity contribution in [2.75, 3.05) is 50.0 Å². The molecular weight excluding hydrogens is 490 g/mol. The van der Waals surface area contributed by atoms with E-state index in [2.05, 4.69) is 9.62 Å². The van der Waals surface area contributed by atoms with E-state index in [1.807, 2.05) is 24.3 Å². The summed E-state index contributed by atoms with van der Waals surface area (Å²) < 4.78 is 38.6. The molecule has 0 bridgehead atoms. The van der Waals surface area contributed by atoms with Gasteiger partial charge in [-0.15, -0.1) is 0 Å². The molecule has 1 aliphatic heterocycles. The van der Waals surface area contributed by atoms with Crippen molar-refractivity contribution in [1.29, 1.82) is 0 Å². The van der Waals surface area contributed by atoms with Crippen LogP contribution in [0, 0.1) is 0 Å². The minimum atomic E-state index is -3.94. The second-order valence-corrected chi connectivity index (χ2v) is 10.0. The Hall–Kier alpha value is -3.43. The first-order valence-electron chi connectivity index (χ1n) is 11.0. The van der Waals surface area contributed by atoms with Gasteiger partial charge < -0.3 is 19.3 Å². The zero-order valence-electron chi connectivity index (χ0n) is 19.4. The number of nitrogens with one attached hydrogen (secondary N) is 1. The number of sulfonamides is 1. The third kappa shape index (κ3) is 5.63. The molecule has 1 N–H and O–H groups in total. The molecule has 0 unspecified atom stereocenters. The number of hydrogen-bond donors (Lipinski definition) is 1. The largest absolute Gasteiger partial charge is 0.497 e. The number of piperazine rings is 1. The average molecular weight is 516 g/mol. The summed E-state index contributed by atoms with van der Waals surface area (Å²) in [6, 6.07) is 18.6. The number of anilines is 2. The van der Waals surface area contributed by atoms with E-state index >= 15 is 0 Å². The number of ether oxygens (including phenoxy) is 2. The van der Waals surface area contributed by atoms with Crippen LogP contribution in [0.5, 0.6) is 11.5 Å². The number of carbonyl (C=O) groups is 1. The van der Waals surface area contributed by atoms with Crippen LogP contribution in [-0.4, -0.2) is 59.6 Å². The molecule has 3 aromatic rings. The van der Waals surface area contributed by atoms with E-state index in [0.29, 0.717) is 24.3 Å². The van der Waals surface area contributed by atoms with Crippen molar-refractivity contribution in [2.45, 2.75) is 4.90 Å². The van der Waals surface area contributed by atoms with Crippen LogP contribution < -0.4 is 19.1 Å². The Kier molecular flexibility index (Phi) is 7.37. The molecule has 1 aliphatic rings. The molecule has 1 heterocycles. The number of benzene rings is 3. The quantitative estimate of drug-likeness (QED) is 0.509. The summed E-state index contributed by atoms with van der Waals surface area (Å²) in [5, 5.41) is 0.277. The third-order valence-corrected chi connectivity index (χ3v) is 7.44. The van der Waals surface area contributed by atoms with E-state index in [0.717, 1.165) is 24.5 Å². The van der Waals surface area contributed by atoms with Gasteiger partial charge in [-0.05, 0) is 66.7 Å². The Balaban J connectivity index is 1.39. The maximum atomic E-state index is 13.0. The highest BCUT2D eigenvalue weighted by Crippen LogP contribution is 2.29. The van der Waals surface area contributed by atoms with Crippen LogP contribution >= 0.6 is 11.6 Å². The van der Waals surface area contributed by atoms with E-state index in [4.69, 9.17) is 21.1 Å². The topological polar surface area (TPSA) is 88.2 Å². The van der Waals surface area contributed by atoms with Crippen molar-refractivity contribution in [3.8, 4) is 11.5 Å². The van der Waals surface area contributed by atoms with Gasteiger partial charge in [-0.1, -0.05) is 11.6 Å². The second-order valence-electron chi connectivity index (χ2n) is 7.96. The van der Waals surface area contributed by atoms with Crippen molar-refractivity contribution in [3.63, 3.8) is 0 Å². The Labute approximate surface area is 210 Å². The van der Waals surface area contributed by atoms with Crippen molar-refractivity contribution in [2.24, 2.45) is 0 Å². The predicted molar refractivity (Wildman–Crippen MR) is 136 cm³/mol. The molecular formula is C25H26ClN3O5S. The van der Waals surface area contributed by atoms with Crippen LogP contribution in [0.2, 0.25) is 5.02 Å². The summed E-state index contributed by atoms with van der Waals surface area (Å²) in [6.07, 6.45) is 0. The summed E-state index contributed by atoms with van der Waals surface area (Å²) >= 11 is 5.97. The van der Waals surface area contributed by atoms with E-state index in [1.165, 1.54) is 19.2 Å². The van der Waals surface area contributed by atoms with Crippen molar-refractivity contribution < 1.29 is 22.7 Å². The fourth-order valence-electron chi connectivity index (χ4n) is 3.89. The number of carbonyl (C=O) groups excluding carboxylic acids is 1. The average Bonchev–Trinajstić information content (AvgIpc) is 2.88. The van der Waals surface area contributed by atoms with Crippen LogP contribution in [0.1, 0.15) is 10.4 Å². The highest BCUT2D eigenvalue weighted by atomic mass is 35.5. The van der Waals surface area contributed by atoms with Crippen LogP contribution in [0.4, 0.5) is 11.4 Å². The molecule has 1 saturated heterocycles. The molecule has 0 aliphatic carbocycles. The van der Waals surface area contributed by atoms with Crippen molar-refractivity contribution >= 4 is 38.9 Å². The molecule has 0 atom stereocenters. The van der Waals surface area contributed by atoms with E-state index in [-0.39, 0.29) is 21.6 Å². The second kappa shape index (κ2) is 10.5.